The molecule has 102 valence electrons. The minimum atomic E-state index is -4.38. The molecule has 0 radical (unpaired) electrons. The maximum absolute atomic E-state index is 12.4. The maximum Gasteiger partial charge on any atom is 0.416 e. The first kappa shape index (κ1) is 13.5. The van der Waals surface area contributed by atoms with Gasteiger partial charge in [0, 0.05) is 6.92 Å². The van der Waals surface area contributed by atoms with Gasteiger partial charge in [0.1, 0.15) is 0 Å². The molecule has 0 saturated carbocycles. The number of aliphatic hydroxyl groups is 1. The van der Waals surface area contributed by atoms with Crippen molar-refractivity contribution < 1.29 is 22.7 Å². The number of halogens is 3. The standard InChI is InChI=1S/C12H11F3N2O2/c1-7-16-17-11(19-7)6-10(18)8-2-4-9(5-3-8)12(13,14)15/h2-5,10,18H,6H2,1H3. The second-order valence-corrected chi connectivity index (χ2v) is 4.05. The highest BCUT2D eigenvalue weighted by molar-refractivity contribution is 5.26. The lowest BCUT2D eigenvalue weighted by Gasteiger charge is -2.11. The van der Waals surface area contributed by atoms with Gasteiger partial charge in [-0.3, -0.25) is 0 Å². The van der Waals surface area contributed by atoms with Crippen LogP contribution >= 0.6 is 0 Å². The van der Waals surface area contributed by atoms with E-state index in [9.17, 15) is 18.3 Å². The van der Waals surface area contributed by atoms with Crippen molar-refractivity contribution >= 4 is 0 Å². The lowest BCUT2D eigenvalue weighted by Crippen LogP contribution is -2.06. The van der Waals surface area contributed by atoms with Gasteiger partial charge in [0.25, 0.3) is 0 Å². The van der Waals surface area contributed by atoms with E-state index in [4.69, 9.17) is 4.42 Å². The topological polar surface area (TPSA) is 59.2 Å². The number of hydrogen-bond acceptors (Lipinski definition) is 4. The van der Waals surface area contributed by atoms with Gasteiger partial charge < -0.3 is 9.52 Å². The van der Waals surface area contributed by atoms with Crippen molar-refractivity contribution in [2.75, 3.05) is 0 Å². The van der Waals surface area contributed by atoms with Crippen molar-refractivity contribution in [3.8, 4) is 0 Å². The Morgan fingerprint density at radius 3 is 2.32 bits per heavy atom. The molecule has 0 aliphatic carbocycles. The van der Waals surface area contributed by atoms with Gasteiger partial charge in [-0.15, -0.1) is 10.2 Å². The minimum Gasteiger partial charge on any atom is -0.425 e. The normalized spacial score (nSPS) is 13.5. The first-order chi connectivity index (χ1) is 8.86. The van der Waals surface area contributed by atoms with Crippen molar-refractivity contribution in [3.05, 3.63) is 47.2 Å². The van der Waals surface area contributed by atoms with E-state index < -0.39 is 17.8 Å². The minimum absolute atomic E-state index is 0.0617. The van der Waals surface area contributed by atoms with Gasteiger partial charge in [-0.1, -0.05) is 12.1 Å². The van der Waals surface area contributed by atoms with E-state index in [1.807, 2.05) is 0 Å². The largest absolute Gasteiger partial charge is 0.425 e. The Kier molecular flexibility index (Phi) is 3.57. The molecule has 2 rings (SSSR count). The average Bonchev–Trinajstić information content (AvgIpc) is 2.74. The number of aliphatic hydroxyl groups excluding tert-OH is 1. The highest BCUT2D eigenvalue weighted by Crippen LogP contribution is 2.30. The zero-order valence-electron chi connectivity index (χ0n) is 9.98. The maximum atomic E-state index is 12.4. The summed E-state index contributed by atoms with van der Waals surface area (Å²) in [7, 11) is 0. The molecule has 4 nitrogen and oxygen atoms in total. The van der Waals surface area contributed by atoms with Crippen LogP contribution in [0.4, 0.5) is 13.2 Å². The van der Waals surface area contributed by atoms with Crippen molar-refractivity contribution in [2.24, 2.45) is 0 Å². The zero-order valence-corrected chi connectivity index (χ0v) is 9.98. The van der Waals surface area contributed by atoms with E-state index >= 15 is 0 Å². The molecule has 0 aliphatic heterocycles. The van der Waals surface area contributed by atoms with Crippen LogP contribution in [0.1, 0.15) is 29.0 Å². The second kappa shape index (κ2) is 5.00. The Hall–Kier alpha value is -1.89. The molecule has 19 heavy (non-hydrogen) atoms. The van der Waals surface area contributed by atoms with Crippen LogP contribution in [0.15, 0.2) is 28.7 Å². The van der Waals surface area contributed by atoms with Crippen molar-refractivity contribution in [1.29, 1.82) is 0 Å². The molecule has 1 N–H and O–H groups in total. The van der Waals surface area contributed by atoms with Gasteiger partial charge in [-0.05, 0) is 17.7 Å². The molecular formula is C12H11F3N2O2. The van der Waals surface area contributed by atoms with Gasteiger partial charge >= 0.3 is 6.18 Å². The van der Waals surface area contributed by atoms with Crippen LogP contribution in [0, 0.1) is 6.92 Å². The summed E-state index contributed by atoms with van der Waals surface area (Å²) in [6, 6.07) is 4.32. The third-order valence-corrected chi connectivity index (χ3v) is 2.56. The summed E-state index contributed by atoms with van der Waals surface area (Å²) in [4.78, 5) is 0. The summed E-state index contributed by atoms with van der Waals surface area (Å²) in [5.74, 6) is 0.611. The van der Waals surface area contributed by atoms with Gasteiger partial charge in [0.15, 0.2) is 0 Å². The third-order valence-electron chi connectivity index (χ3n) is 2.56. The summed E-state index contributed by atoms with van der Waals surface area (Å²) in [5, 5.41) is 17.2. The van der Waals surface area contributed by atoms with Crippen LogP contribution in [0.5, 0.6) is 0 Å². The van der Waals surface area contributed by atoms with Crippen LogP contribution < -0.4 is 0 Å². The van der Waals surface area contributed by atoms with E-state index in [1.54, 1.807) is 6.92 Å². The number of aromatic nitrogens is 2. The highest BCUT2D eigenvalue weighted by Gasteiger charge is 2.30. The Labute approximate surface area is 106 Å². The molecule has 0 fully saturated rings. The summed E-state index contributed by atoms with van der Waals surface area (Å²) in [5.41, 5.74) is -0.388. The van der Waals surface area contributed by atoms with E-state index in [1.165, 1.54) is 12.1 Å². The first-order valence-electron chi connectivity index (χ1n) is 5.50. The predicted octanol–water partition coefficient (Wildman–Crippen LogP) is 2.67. The number of benzene rings is 1. The highest BCUT2D eigenvalue weighted by atomic mass is 19.4. The third kappa shape index (κ3) is 3.31. The molecule has 1 atom stereocenters. The Bertz CT molecular complexity index is 549. The second-order valence-electron chi connectivity index (χ2n) is 4.05. The fourth-order valence-electron chi connectivity index (χ4n) is 1.60. The summed E-state index contributed by atoms with van der Waals surface area (Å²) < 4.78 is 42.2. The predicted molar refractivity (Wildman–Crippen MR) is 59.1 cm³/mol. The molecule has 0 bridgehead atoms. The molecule has 2 aromatic rings. The van der Waals surface area contributed by atoms with Crippen LogP contribution in [0.2, 0.25) is 0 Å². The van der Waals surface area contributed by atoms with E-state index in [-0.39, 0.29) is 12.3 Å². The summed E-state index contributed by atoms with van der Waals surface area (Å²) in [6.07, 6.45) is -5.30. The zero-order chi connectivity index (χ0) is 14.0. The number of alkyl halides is 3. The summed E-state index contributed by atoms with van der Waals surface area (Å²) >= 11 is 0. The summed E-state index contributed by atoms with van der Waals surface area (Å²) in [6.45, 7) is 1.61. The average molecular weight is 272 g/mol. The Balaban J connectivity index is 2.09. The molecular weight excluding hydrogens is 261 g/mol. The van der Waals surface area contributed by atoms with Crippen molar-refractivity contribution in [1.82, 2.24) is 10.2 Å². The molecule has 0 saturated heterocycles. The fourth-order valence-corrected chi connectivity index (χ4v) is 1.60. The molecule has 7 heteroatoms. The number of rotatable bonds is 3. The van der Waals surface area contributed by atoms with Crippen molar-refractivity contribution in [2.45, 2.75) is 25.6 Å². The lowest BCUT2D eigenvalue weighted by atomic mass is 10.0. The monoisotopic (exact) mass is 272 g/mol. The number of aryl methyl sites for hydroxylation is 1. The van der Waals surface area contributed by atoms with Gasteiger partial charge in [-0.25, -0.2) is 0 Å². The quantitative estimate of drug-likeness (QED) is 0.933. The van der Waals surface area contributed by atoms with Crippen LogP contribution in [-0.2, 0) is 12.6 Å². The molecule has 1 heterocycles. The molecule has 0 amide bonds. The van der Waals surface area contributed by atoms with Gasteiger partial charge in [0.05, 0.1) is 18.1 Å². The van der Waals surface area contributed by atoms with E-state index in [0.717, 1.165) is 12.1 Å². The van der Waals surface area contributed by atoms with Gasteiger partial charge in [-0.2, -0.15) is 13.2 Å². The van der Waals surface area contributed by atoms with Crippen LogP contribution in [0.3, 0.4) is 0 Å². The molecule has 1 aromatic carbocycles. The van der Waals surface area contributed by atoms with Crippen molar-refractivity contribution in [3.63, 3.8) is 0 Å². The van der Waals surface area contributed by atoms with Crippen LogP contribution in [-0.4, -0.2) is 15.3 Å². The lowest BCUT2D eigenvalue weighted by molar-refractivity contribution is -0.137. The van der Waals surface area contributed by atoms with E-state index in [0.29, 0.717) is 11.5 Å². The molecule has 1 aromatic heterocycles. The first-order valence-corrected chi connectivity index (χ1v) is 5.50. The Morgan fingerprint density at radius 2 is 1.84 bits per heavy atom. The van der Waals surface area contributed by atoms with Gasteiger partial charge in [0.2, 0.25) is 11.8 Å². The van der Waals surface area contributed by atoms with Crippen LogP contribution in [0.25, 0.3) is 0 Å². The molecule has 1 unspecified atom stereocenters. The molecule has 0 aliphatic rings. The SMILES string of the molecule is Cc1nnc(CC(O)c2ccc(C(F)(F)F)cc2)o1. The smallest absolute Gasteiger partial charge is 0.416 e. The Morgan fingerprint density at radius 1 is 1.21 bits per heavy atom. The van der Waals surface area contributed by atoms with E-state index in [2.05, 4.69) is 10.2 Å². The fraction of sp³-hybridized carbons (Fsp3) is 0.333. The molecule has 0 spiro atoms. The number of hydrogen-bond donors (Lipinski definition) is 1. The number of nitrogens with zero attached hydrogens (tertiary/aromatic N) is 2.